The molecule has 0 bridgehead atoms. The lowest BCUT2D eigenvalue weighted by Crippen LogP contribution is -2.56. The Morgan fingerprint density at radius 2 is 1.57 bits per heavy atom. The molecule has 226 valence electrons. The Balaban J connectivity index is 3.67. The smallest absolute Gasteiger partial charge is 0.408 e. The van der Waals surface area contributed by atoms with Crippen molar-refractivity contribution in [3.8, 4) is 0 Å². The van der Waals surface area contributed by atoms with Crippen molar-refractivity contribution in [1.82, 2.24) is 15.5 Å². The molecule has 0 heterocycles. The van der Waals surface area contributed by atoms with Crippen LogP contribution in [0.2, 0.25) is 0 Å². The Morgan fingerprint density at radius 1 is 0.950 bits per heavy atom. The van der Waals surface area contributed by atoms with E-state index in [1.54, 1.807) is 25.7 Å². The van der Waals surface area contributed by atoms with E-state index in [1.165, 1.54) is 0 Å². The normalized spacial score (nSPS) is 14.6. The third kappa shape index (κ3) is 12.0. The van der Waals surface area contributed by atoms with Crippen molar-refractivity contribution in [3.05, 3.63) is 35.4 Å². The quantitative estimate of drug-likeness (QED) is 0.273. The molecular formula is C31H52N4O5. The molecule has 0 spiro atoms. The predicted molar refractivity (Wildman–Crippen MR) is 158 cm³/mol. The molecule has 4 atom stereocenters. The Labute approximate surface area is 241 Å². The number of ether oxygens (including phenoxy) is 1. The van der Waals surface area contributed by atoms with Gasteiger partial charge in [-0.15, -0.1) is 0 Å². The van der Waals surface area contributed by atoms with Gasteiger partial charge in [0.05, 0.1) is 0 Å². The Morgan fingerprint density at radius 3 is 2.10 bits per heavy atom. The van der Waals surface area contributed by atoms with Crippen molar-refractivity contribution < 1.29 is 23.9 Å². The maximum Gasteiger partial charge on any atom is 0.408 e. The van der Waals surface area contributed by atoms with Crippen molar-refractivity contribution >= 4 is 23.8 Å². The first kappa shape index (κ1) is 34.9. The molecule has 0 aromatic heterocycles. The van der Waals surface area contributed by atoms with Crippen LogP contribution in [0.5, 0.6) is 0 Å². The van der Waals surface area contributed by atoms with Crippen LogP contribution < -0.4 is 16.4 Å². The highest BCUT2D eigenvalue weighted by Crippen LogP contribution is 2.30. The number of hydrogen-bond acceptors (Lipinski definition) is 5. The molecule has 0 saturated heterocycles. The summed E-state index contributed by atoms with van der Waals surface area (Å²) in [5.74, 6) is -0.953. The lowest BCUT2D eigenvalue weighted by Gasteiger charge is -2.39. The van der Waals surface area contributed by atoms with Gasteiger partial charge < -0.3 is 26.0 Å². The van der Waals surface area contributed by atoms with E-state index in [4.69, 9.17) is 10.5 Å². The number of benzene rings is 1. The van der Waals surface area contributed by atoms with E-state index in [1.807, 2.05) is 45.0 Å². The Kier molecular flexibility index (Phi) is 14.2. The second-order valence-electron chi connectivity index (χ2n) is 12.2. The van der Waals surface area contributed by atoms with Crippen LogP contribution in [0, 0.1) is 12.8 Å². The van der Waals surface area contributed by atoms with E-state index in [2.05, 4.69) is 31.4 Å². The molecule has 9 heteroatoms. The molecular weight excluding hydrogens is 508 g/mol. The molecule has 1 aromatic rings. The summed E-state index contributed by atoms with van der Waals surface area (Å²) >= 11 is 0. The summed E-state index contributed by atoms with van der Waals surface area (Å²) in [5, 5.41) is 5.76. The van der Waals surface area contributed by atoms with Crippen LogP contribution >= 0.6 is 0 Å². The summed E-state index contributed by atoms with van der Waals surface area (Å²) in [7, 11) is 0. The first-order valence-electron chi connectivity index (χ1n) is 14.5. The highest BCUT2D eigenvalue weighted by molar-refractivity contribution is 5.93. The van der Waals surface area contributed by atoms with E-state index in [9.17, 15) is 19.2 Å². The van der Waals surface area contributed by atoms with Gasteiger partial charge in [0.25, 0.3) is 0 Å². The van der Waals surface area contributed by atoms with E-state index in [0.717, 1.165) is 24.8 Å². The molecule has 4 N–H and O–H groups in total. The van der Waals surface area contributed by atoms with Crippen LogP contribution in [0.25, 0.3) is 0 Å². The number of alkyl carbamates (subject to hydrolysis) is 1. The minimum atomic E-state index is -1.11. The monoisotopic (exact) mass is 560 g/mol. The highest BCUT2D eigenvalue weighted by Gasteiger charge is 2.39. The van der Waals surface area contributed by atoms with Crippen LogP contribution in [0.1, 0.15) is 111 Å². The average molecular weight is 561 g/mol. The number of nitrogens with one attached hydrogen (secondary N) is 2. The SMILES string of the molecule is CCCC(C)NC(=O)C(c1ccccc1C)N(C(=O)C(CCC(N)=O)NC(=O)OC(C)(C)C)C(C)CCC(C)C. The third-order valence-electron chi connectivity index (χ3n) is 6.68. The first-order valence-corrected chi connectivity index (χ1v) is 14.5. The fourth-order valence-corrected chi connectivity index (χ4v) is 4.62. The number of nitrogens with zero attached hydrogens (tertiary/aromatic N) is 1. The molecule has 40 heavy (non-hydrogen) atoms. The molecule has 1 rings (SSSR count). The standard InChI is InChI=1S/C31H52N4O5/c1-10-13-22(5)33-28(37)27(24-15-12-11-14-21(24)4)35(23(6)17-16-20(2)3)29(38)25(18-19-26(32)36)34-30(39)40-31(7,8)9/h11-12,14-15,20,22-23,25,27H,10,13,16-19H2,1-9H3,(H2,32,36)(H,33,37)(H,34,39). The lowest BCUT2D eigenvalue weighted by molar-refractivity contribution is -0.145. The second-order valence-corrected chi connectivity index (χ2v) is 12.2. The van der Waals surface area contributed by atoms with E-state index >= 15 is 0 Å². The molecule has 0 radical (unpaired) electrons. The van der Waals surface area contributed by atoms with E-state index in [0.29, 0.717) is 17.9 Å². The maximum absolute atomic E-state index is 14.4. The van der Waals surface area contributed by atoms with Gasteiger partial charge in [0.2, 0.25) is 17.7 Å². The molecule has 0 fully saturated rings. The number of primary amides is 1. The number of nitrogens with two attached hydrogens (primary N) is 1. The Bertz CT molecular complexity index is 988. The summed E-state index contributed by atoms with van der Waals surface area (Å²) < 4.78 is 5.42. The molecule has 0 aliphatic heterocycles. The summed E-state index contributed by atoms with van der Waals surface area (Å²) in [6.07, 6.45) is 2.27. The van der Waals surface area contributed by atoms with Gasteiger partial charge in [0.1, 0.15) is 17.7 Å². The zero-order valence-electron chi connectivity index (χ0n) is 26.0. The number of amides is 4. The van der Waals surface area contributed by atoms with Gasteiger partial charge in [-0.2, -0.15) is 0 Å². The van der Waals surface area contributed by atoms with Gasteiger partial charge in [0, 0.05) is 18.5 Å². The molecule has 0 aliphatic carbocycles. The van der Waals surface area contributed by atoms with Crippen molar-refractivity contribution in [2.75, 3.05) is 0 Å². The lowest BCUT2D eigenvalue weighted by atomic mass is 9.94. The van der Waals surface area contributed by atoms with Gasteiger partial charge in [0.15, 0.2) is 0 Å². The van der Waals surface area contributed by atoms with Crippen molar-refractivity contribution in [2.24, 2.45) is 11.7 Å². The number of carbonyl (C=O) groups excluding carboxylic acids is 4. The molecule has 0 aliphatic rings. The van der Waals surface area contributed by atoms with Crippen LogP contribution in [0.3, 0.4) is 0 Å². The maximum atomic E-state index is 14.4. The molecule has 0 saturated carbocycles. The largest absolute Gasteiger partial charge is 0.444 e. The fourth-order valence-electron chi connectivity index (χ4n) is 4.62. The van der Waals surface area contributed by atoms with Crippen LogP contribution in [0.15, 0.2) is 24.3 Å². The Hall–Kier alpha value is -3.10. The summed E-state index contributed by atoms with van der Waals surface area (Å²) in [5.41, 5.74) is 6.21. The molecule has 4 amide bonds. The minimum Gasteiger partial charge on any atom is -0.444 e. The zero-order chi connectivity index (χ0) is 30.6. The summed E-state index contributed by atoms with van der Waals surface area (Å²) in [6, 6.07) is 5.03. The molecule has 4 unspecified atom stereocenters. The number of aryl methyl sites for hydroxylation is 1. The number of hydrogen-bond donors (Lipinski definition) is 3. The number of carbonyl (C=O) groups is 4. The molecule has 9 nitrogen and oxygen atoms in total. The predicted octanol–water partition coefficient (Wildman–Crippen LogP) is 5.15. The van der Waals surface area contributed by atoms with Crippen LogP contribution in [-0.2, 0) is 19.1 Å². The third-order valence-corrected chi connectivity index (χ3v) is 6.68. The topological polar surface area (TPSA) is 131 Å². The van der Waals surface area contributed by atoms with Crippen LogP contribution in [0.4, 0.5) is 4.79 Å². The average Bonchev–Trinajstić information content (AvgIpc) is 2.82. The van der Waals surface area contributed by atoms with E-state index in [-0.39, 0.29) is 30.8 Å². The molecule has 1 aromatic carbocycles. The van der Waals surface area contributed by atoms with Crippen molar-refractivity contribution in [2.45, 2.75) is 131 Å². The summed E-state index contributed by atoms with van der Waals surface area (Å²) in [6.45, 7) is 17.2. The van der Waals surface area contributed by atoms with Gasteiger partial charge >= 0.3 is 6.09 Å². The van der Waals surface area contributed by atoms with Crippen molar-refractivity contribution in [1.29, 1.82) is 0 Å². The van der Waals surface area contributed by atoms with Gasteiger partial charge in [-0.05, 0) is 84.3 Å². The van der Waals surface area contributed by atoms with Gasteiger partial charge in [-0.25, -0.2) is 4.79 Å². The van der Waals surface area contributed by atoms with Crippen molar-refractivity contribution in [3.63, 3.8) is 0 Å². The highest BCUT2D eigenvalue weighted by atomic mass is 16.6. The second kappa shape index (κ2) is 16.2. The minimum absolute atomic E-state index is 0.0187. The first-order chi connectivity index (χ1) is 18.6. The van der Waals surface area contributed by atoms with Gasteiger partial charge in [-0.3, -0.25) is 14.4 Å². The zero-order valence-corrected chi connectivity index (χ0v) is 26.0. The fraction of sp³-hybridized carbons (Fsp3) is 0.677. The van der Waals surface area contributed by atoms with Gasteiger partial charge in [-0.1, -0.05) is 51.5 Å². The summed E-state index contributed by atoms with van der Waals surface area (Å²) in [4.78, 5) is 54.4. The van der Waals surface area contributed by atoms with Crippen LogP contribution in [-0.4, -0.2) is 52.4 Å². The number of rotatable bonds is 15. The van der Waals surface area contributed by atoms with E-state index < -0.39 is 35.6 Å².